The molecule has 0 unspecified atom stereocenters. The van der Waals surface area contributed by atoms with Gasteiger partial charge in [-0.05, 0) is 29.8 Å². The van der Waals surface area contributed by atoms with E-state index in [1.165, 1.54) is 13.3 Å². The molecule has 2 aromatic carbocycles. The molecule has 0 spiro atoms. The predicted octanol–water partition coefficient (Wildman–Crippen LogP) is 3.95. The minimum atomic E-state index is -0.590. The van der Waals surface area contributed by atoms with Crippen molar-refractivity contribution >= 4 is 33.4 Å². The molecule has 3 aromatic heterocycles. The van der Waals surface area contributed by atoms with Crippen LogP contribution in [-0.4, -0.2) is 26.6 Å². The Bertz CT molecular complexity index is 1590. The second-order valence-corrected chi connectivity index (χ2v) is 7.30. The molecule has 7 nitrogen and oxygen atoms in total. The van der Waals surface area contributed by atoms with Crippen LogP contribution in [0.5, 0.6) is 5.88 Å². The second kappa shape index (κ2) is 7.37. The van der Waals surface area contributed by atoms with Crippen LogP contribution in [0.1, 0.15) is 0 Å². The summed E-state index contributed by atoms with van der Waals surface area (Å²) in [4.78, 5) is 37.6. The van der Waals surface area contributed by atoms with E-state index in [1.807, 2.05) is 18.2 Å². The van der Waals surface area contributed by atoms with Crippen LogP contribution in [0.3, 0.4) is 0 Å². The van der Waals surface area contributed by atoms with E-state index in [-0.39, 0.29) is 5.69 Å². The van der Waals surface area contributed by atoms with E-state index in [0.717, 1.165) is 15.7 Å². The zero-order valence-electron chi connectivity index (χ0n) is 16.3. The monoisotopic (exact) mass is 430 g/mol. The first kappa shape index (κ1) is 19.0. The van der Waals surface area contributed by atoms with Crippen molar-refractivity contribution in [3.8, 4) is 22.7 Å². The van der Waals surface area contributed by atoms with Crippen molar-refractivity contribution in [2.24, 2.45) is 0 Å². The lowest BCUT2D eigenvalue weighted by molar-refractivity contribution is 0.399. The summed E-state index contributed by atoms with van der Waals surface area (Å²) in [6, 6.07) is 16.1. The highest BCUT2D eigenvalue weighted by atomic mass is 35.5. The van der Waals surface area contributed by atoms with Crippen LogP contribution in [0.15, 0.2) is 76.6 Å². The predicted molar refractivity (Wildman–Crippen MR) is 120 cm³/mol. The first-order valence-electron chi connectivity index (χ1n) is 9.40. The molecular weight excluding hydrogens is 416 g/mol. The van der Waals surface area contributed by atoms with Crippen molar-refractivity contribution in [2.45, 2.75) is 0 Å². The average Bonchev–Trinajstić information content (AvgIpc) is 2.79. The number of hydrogen-bond donors (Lipinski definition) is 1. The van der Waals surface area contributed by atoms with E-state index in [9.17, 15) is 9.59 Å². The standard InChI is InChI=1S/C23H15ClN4O3/c1-31-20-9-7-14-11-25-12-19(21(14)27-20)28-22(29)16-8-6-13(10-18(16)26-23(28)30)15-4-2-3-5-17(15)24/h2-12H,1H3,(H,26,30). The van der Waals surface area contributed by atoms with E-state index in [2.05, 4.69) is 15.0 Å². The molecule has 0 saturated carbocycles. The maximum atomic E-state index is 13.3. The highest BCUT2D eigenvalue weighted by Crippen LogP contribution is 2.29. The zero-order valence-corrected chi connectivity index (χ0v) is 17.1. The molecule has 0 aliphatic rings. The number of halogens is 1. The molecule has 0 fully saturated rings. The molecule has 5 aromatic rings. The lowest BCUT2D eigenvalue weighted by Gasteiger charge is -2.10. The van der Waals surface area contributed by atoms with E-state index in [0.29, 0.717) is 32.7 Å². The van der Waals surface area contributed by atoms with Crippen molar-refractivity contribution in [3.05, 3.63) is 92.9 Å². The van der Waals surface area contributed by atoms with E-state index in [4.69, 9.17) is 16.3 Å². The first-order valence-corrected chi connectivity index (χ1v) is 9.78. The van der Waals surface area contributed by atoms with E-state index in [1.54, 1.807) is 42.6 Å². The average molecular weight is 431 g/mol. The van der Waals surface area contributed by atoms with Gasteiger partial charge in [0, 0.05) is 28.2 Å². The summed E-state index contributed by atoms with van der Waals surface area (Å²) < 4.78 is 6.23. The third-order valence-electron chi connectivity index (χ3n) is 5.09. The number of fused-ring (bicyclic) bond motifs is 2. The lowest BCUT2D eigenvalue weighted by Crippen LogP contribution is -2.34. The maximum absolute atomic E-state index is 13.3. The van der Waals surface area contributed by atoms with Crippen molar-refractivity contribution in [2.75, 3.05) is 7.11 Å². The number of hydrogen-bond acceptors (Lipinski definition) is 5. The highest BCUT2D eigenvalue weighted by molar-refractivity contribution is 6.33. The molecule has 0 bridgehead atoms. The van der Waals surface area contributed by atoms with Crippen LogP contribution < -0.4 is 16.0 Å². The Hall–Kier alpha value is -3.97. The summed E-state index contributed by atoms with van der Waals surface area (Å²) in [5.41, 5.74) is 1.68. The van der Waals surface area contributed by atoms with E-state index >= 15 is 0 Å². The van der Waals surface area contributed by atoms with Gasteiger partial charge in [-0.1, -0.05) is 35.9 Å². The van der Waals surface area contributed by atoms with Crippen LogP contribution in [0.2, 0.25) is 5.02 Å². The molecule has 5 rings (SSSR count). The first-order chi connectivity index (χ1) is 15.1. The molecule has 3 heterocycles. The fraction of sp³-hybridized carbons (Fsp3) is 0.0435. The SMILES string of the molecule is COc1ccc2cncc(-n3c(=O)[nH]c4cc(-c5ccccc5Cl)ccc4c3=O)c2n1. The Balaban J connectivity index is 1.76. The quantitative estimate of drug-likeness (QED) is 0.468. The second-order valence-electron chi connectivity index (χ2n) is 6.89. The Morgan fingerprint density at radius 2 is 1.87 bits per heavy atom. The van der Waals surface area contributed by atoms with Gasteiger partial charge in [0.2, 0.25) is 5.88 Å². The van der Waals surface area contributed by atoms with Crippen LogP contribution in [0.25, 0.3) is 38.6 Å². The number of ether oxygens (including phenoxy) is 1. The summed E-state index contributed by atoms with van der Waals surface area (Å²) in [5, 5.41) is 1.62. The van der Waals surface area contributed by atoms with Crippen LogP contribution in [0, 0.1) is 0 Å². The van der Waals surface area contributed by atoms with Gasteiger partial charge >= 0.3 is 5.69 Å². The molecular formula is C23H15ClN4O3. The Morgan fingerprint density at radius 1 is 1.03 bits per heavy atom. The number of methoxy groups -OCH3 is 1. The fourth-order valence-electron chi connectivity index (χ4n) is 3.59. The number of aromatic amines is 1. The van der Waals surface area contributed by atoms with Crippen LogP contribution in [-0.2, 0) is 0 Å². The van der Waals surface area contributed by atoms with Crippen LogP contribution in [0.4, 0.5) is 0 Å². The minimum Gasteiger partial charge on any atom is -0.481 e. The summed E-state index contributed by atoms with van der Waals surface area (Å²) in [6.45, 7) is 0. The number of benzene rings is 2. The molecule has 0 aliphatic heterocycles. The molecule has 8 heteroatoms. The van der Waals surface area contributed by atoms with Gasteiger partial charge in [0.05, 0.1) is 29.9 Å². The molecule has 0 aliphatic carbocycles. The molecule has 0 atom stereocenters. The molecule has 1 N–H and O–H groups in total. The van der Waals surface area contributed by atoms with Crippen molar-refractivity contribution in [1.82, 2.24) is 19.5 Å². The van der Waals surface area contributed by atoms with E-state index < -0.39 is 11.2 Å². The maximum Gasteiger partial charge on any atom is 0.333 e. The largest absolute Gasteiger partial charge is 0.481 e. The summed E-state index contributed by atoms with van der Waals surface area (Å²) in [7, 11) is 1.50. The third-order valence-corrected chi connectivity index (χ3v) is 5.42. The molecule has 31 heavy (non-hydrogen) atoms. The van der Waals surface area contributed by atoms with Gasteiger partial charge in [-0.3, -0.25) is 9.78 Å². The normalized spacial score (nSPS) is 11.2. The van der Waals surface area contributed by atoms with Gasteiger partial charge in [-0.25, -0.2) is 14.3 Å². The summed E-state index contributed by atoms with van der Waals surface area (Å²) >= 11 is 6.30. The van der Waals surface area contributed by atoms with Gasteiger partial charge < -0.3 is 9.72 Å². The van der Waals surface area contributed by atoms with Gasteiger partial charge in [0.15, 0.2) is 0 Å². The number of nitrogens with zero attached hydrogens (tertiary/aromatic N) is 3. The number of H-pyrrole nitrogens is 1. The Labute approximate surface area is 180 Å². The molecule has 0 amide bonds. The van der Waals surface area contributed by atoms with Gasteiger partial charge in [-0.2, -0.15) is 0 Å². The molecule has 0 saturated heterocycles. The van der Waals surface area contributed by atoms with Gasteiger partial charge in [0.25, 0.3) is 5.56 Å². The lowest BCUT2D eigenvalue weighted by atomic mass is 10.0. The Kier molecular flexibility index (Phi) is 4.52. The number of aromatic nitrogens is 4. The fourth-order valence-corrected chi connectivity index (χ4v) is 3.83. The summed E-state index contributed by atoms with van der Waals surface area (Å²) in [6.07, 6.45) is 3.05. The van der Waals surface area contributed by atoms with Gasteiger partial charge in [-0.15, -0.1) is 0 Å². The highest BCUT2D eigenvalue weighted by Gasteiger charge is 2.15. The van der Waals surface area contributed by atoms with Gasteiger partial charge in [0.1, 0.15) is 5.52 Å². The zero-order chi connectivity index (χ0) is 21.5. The van der Waals surface area contributed by atoms with Crippen molar-refractivity contribution in [3.63, 3.8) is 0 Å². The number of pyridine rings is 2. The molecule has 152 valence electrons. The summed E-state index contributed by atoms with van der Waals surface area (Å²) in [5.74, 6) is 0.370. The smallest absolute Gasteiger partial charge is 0.333 e. The number of rotatable bonds is 3. The van der Waals surface area contributed by atoms with Crippen molar-refractivity contribution < 1.29 is 4.74 Å². The molecule has 0 radical (unpaired) electrons. The van der Waals surface area contributed by atoms with Crippen LogP contribution >= 0.6 is 11.6 Å². The topological polar surface area (TPSA) is 89.9 Å². The minimum absolute atomic E-state index is 0.278. The Morgan fingerprint density at radius 3 is 2.68 bits per heavy atom. The number of nitrogens with one attached hydrogen (secondary N) is 1. The third kappa shape index (κ3) is 3.15. The van der Waals surface area contributed by atoms with Crippen molar-refractivity contribution in [1.29, 1.82) is 0 Å².